The molecule has 1 aliphatic heterocycles. The van der Waals surface area contributed by atoms with Crippen molar-refractivity contribution in [2.45, 2.75) is 48.4 Å². The van der Waals surface area contributed by atoms with Crippen LogP contribution in [0.25, 0.3) is 5.57 Å². The summed E-state index contributed by atoms with van der Waals surface area (Å²) < 4.78 is 33.0. The third kappa shape index (κ3) is 4.92. The van der Waals surface area contributed by atoms with E-state index in [4.69, 9.17) is 24.9 Å². The van der Waals surface area contributed by atoms with Gasteiger partial charge in [-0.1, -0.05) is 0 Å². The SMILES string of the molecule is CCOC(=O)C1=C(C)/C(=C(\c2cc(N)ccc2OC)c2c(C)c(C(=O)OCC)c(C)n2B(C)F)N=C1C. The van der Waals surface area contributed by atoms with Gasteiger partial charge in [0.05, 0.1) is 42.9 Å². The molecule has 2 aromatic rings. The smallest absolute Gasteiger partial charge is 0.462 e. The molecular formula is C27H33BFN3O5. The Labute approximate surface area is 217 Å². The molecule has 3 rings (SSSR count). The number of hydrogen-bond donors (Lipinski definition) is 1. The number of hydrogen-bond acceptors (Lipinski definition) is 7. The number of benzene rings is 1. The number of methoxy groups -OCH3 is 1. The van der Waals surface area contributed by atoms with Crippen molar-refractivity contribution in [1.29, 1.82) is 0 Å². The number of aliphatic imine (C=N–C) groups is 1. The fourth-order valence-electron chi connectivity index (χ4n) is 4.85. The highest BCUT2D eigenvalue weighted by Gasteiger charge is 2.35. The zero-order chi connectivity index (χ0) is 27.6. The van der Waals surface area contributed by atoms with Crippen molar-refractivity contribution < 1.29 is 28.1 Å². The first kappa shape index (κ1) is 27.8. The minimum Gasteiger partial charge on any atom is -0.496 e. The van der Waals surface area contributed by atoms with Gasteiger partial charge in [0.15, 0.2) is 0 Å². The number of carbonyl (C=O) groups is 2. The zero-order valence-corrected chi connectivity index (χ0v) is 22.6. The molecule has 0 bridgehead atoms. The lowest BCUT2D eigenvalue weighted by atomic mass is 9.87. The van der Waals surface area contributed by atoms with E-state index in [0.717, 1.165) is 0 Å². The van der Waals surface area contributed by atoms with Gasteiger partial charge in [0.2, 0.25) is 0 Å². The summed E-state index contributed by atoms with van der Waals surface area (Å²) in [5, 5.41) is 0. The molecule has 0 fully saturated rings. The van der Waals surface area contributed by atoms with E-state index in [2.05, 4.69) is 0 Å². The molecule has 196 valence electrons. The summed E-state index contributed by atoms with van der Waals surface area (Å²) in [6.07, 6.45) is 0. The molecule has 37 heavy (non-hydrogen) atoms. The number of nitrogens with zero attached hydrogens (tertiary/aromatic N) is 2. The number of anilines is 1. The molecule has 0 amide bonds. The average molecular weight is 509 g/mol. The second kappa shape index (κ2) is 11.1. The van der Waals surface area contributed by atoms with E-state index in [0.29, 0.717) is 62.1 Å². The van der Waals surface area contributed by atoms with Crippen LogP contribution in [0.2, 0.25) is 6.82 Å². The van der Waals surface area contributed by atoms with Crippen LogP contribution in [0.5, 0.6) is 5.75 Å². The van der Waals surface area contributed by atoms with E-state index in [1.807, 2.05) is 0 Å². The number of rotatable bonds is 8. The van der Waals surface area contributed by atoms with Gasteiger partial charge in [-0.3, -0.25) is 4.99 Å². The van der Waals surface area contributed by atoms with E-state index in [1.54, 1.807) is 59.7 Å². The number of aromatic nitrogens is 1. The fraction of sp³-hybridized carbons (Fsp3) is 0.370. The minimum atomic E-state index is -1.50. The van der Waals surface area contributed by atoms with Crippen LogP contribution in [0.4, 0.5) is 10.0 Å². The largest absolute Gasteiger partial charge is 0.496 e. The average Bonchev–Trinajstić information content (AvgIpc) is 3.26. The third-order valence-electron chi connectivity index (χ3n) is 6.35. The Kier molecular flexibility index (Phi) is 8.30. The number of allylic oxidation sites excluding steroid dienone is 1. The van der Waals surface area contributed by atoms with Crippen molar-refractivity contribution in [3.8, 4) is 5.75 Å². The molecule has 0 aliphatic carbocycles. The summed E-state index contributed by atoms with van der Waals surface area (Å²) >= 11 is 0. The van der Waals surface area contributed by atoms with E-state index in [9.17, 15) is 9.59 Å². The Morgan fingerprint density at radius 1 is 1.08 bits per heavy atom. The van der Waals surface area contributed by atoms with E-state index in [-0.39, 0.29) is 18.8 Å². The quantitative estimate of drug-likeness (QED) is 0.308. The number of nitrogen functional groups attached to an aromatic ring is 1. The Morgan fingerprint density at radius 2 is 1.70 bits per heavy atom. The topological polar surface area (TPSA) is 105 Å². The van der Waals surface area contributed by atoms with E-state index in [1.165, 1.54) is 18.4 Å². The number of esters is 2. The maximum atomic E-state index is 15.3. The van der Waals surface area contributed by atoms with Crippen molar-refractivity contribution in [1.82, 2.24) is 4.48 Å². The molecule has 0 atom stereocenters. The molecule has 8 nitrogen and oxygen atoms in total. The normalized spacial score (nSPS) is 14.5. The molecule has 1 aromatic heterocycles. The number of carbonyl (C=O) groups excluding carboxylic acids is 2. The first-order valence-corrected chi connectivity index (χ1v) is 12.1. The Bertz CT molecular complexity index is 1350. The van der Waals surface area contributed by atoms with Gasteiger partial charge < -0.3 is 28.7 Å². The molecule has 10 heteroatoms. The molecule has 2 N–H and O–H groups in total. The highest BCUT2D eigenvalue weighted by molar-refractivity contribution is 6.48. The summed E-state index contributed by atoms with van der Waals surface area (Å²) in [5.74, 6) is -0.576. The van der Waals surface area contributed by atoms with Crippen molar-refractivity contribution in [2.24, 2.45) is 4.99 Å². The Balaban J connectivity index is 2.55. The van der Waals surface area contributed by atoms with Crippen molar-refractivity contribution in [3.63, 3.8) is 0 Å². The molecular weight excluding hydrogens is 476 g/mol. The highest BCUT2D eigenvalue weighted by atomic mass is 19.1. The standard InChI is InChI=1S/C27H33BFN3O5/c1-9-36-26(33)21-14(3)24(31-16(21)5)23(19-13-18(30)11-12-20(19)35-8)25-15(4)22(27(34)37-10-2)17(6)32(25)28(7)29/h11-13H,9-10,30H2,1-8H3/b24-23-. The second-order valence-electron chi connectivity index (χ2n) is 8.70. The van der Waals surface area contributed by atoms with Gasteiger partial charge in [0, 0.05) is 28.2 Å². The fourth-order valence-corrected chi connectivity index (χ4v) is 4.85. The van der Waals surface area contributed by atoms with Gasteiger partial charge in [-0.15, -0.1) is 0 Å². The van der Waals surface area contributed by atoms with Gasteiger partial charge in [0.25, 0.3) is 0 Å². The first-order valence-electron chi connectivity index (χ1n) is 12.1. The molecule has 0 radical (unpaired) electrons. The lowest BCUT2D eigenvalue weighted by Crippen LogP contribution is -2.20. The molecule has 2 heterocycles. The summed E-state index contributed by atoms with van der Waals surface area (Å²) in [6, 6.07) is 5.11. The predicted molar refractivity (Wildman–Crippen MR) is 144 cm³/mol. The van der Waals surface area contributed by atoms with Gasteiger partial charge in [-0.05, 0) is 77.7 Å². The van der Waals surface area contributed by atoms with Crippen LogP contribution in [0, 0.1) is 13.8 Å². The number of halogens is 1. The number of ether oxygens (including phenoxy) is 3. The van der Waals surface area contributed by atoms with Crippen LogP contribution >= 0.6 is 0 Å². The van der Waals surface area contributed by atoms with Crippen LogP contribution in [0.1, 0.15) is 60.6 Å². The molecule has 1 aliphatic rings. The Hall–Kier alpha value is -3.82. The first-order chi connectivity index (χ1) is 17.5. The molecule has 1 aromatic carbocycles. The predicted octanol–water partition coefficient (Wildman–Crippen LogP) is 4.92. The maximum Gasteiger partial charge on any atom is 0.462 e. The monoisotopic (exact) mass is 509 g/mol. The van der Waals surface area contributed by atoms with Crippen LogP contribution in [-0.2, 0) is 14.3 Å². The Morgan fingerprint density at radius 3 is 2.27 bits per heavy atom. The van der Waals surface area contributed by atoms with Gasteiger partial charge >= 0.3 is 19.1 Å². The highest BCUT2D eigenvalue weighted by Crippen LogP contribution is 2.43. The number of nitrogens with two attached hydrogens (primary N) is 1. The summed E-state index contributed by atoms with van der Waals surface area (Å²) in [6.45, 7) is 12.1. The van der Waals surface area contributed by atoms with Gasteiger partial charge in [-0.2, -0.15) is 0 Å². The van der Waals surface area contributed by atoms with Crippen molar-refractivity contribution in [3.05, 3.63) is 63.1 Å². The van der Waals surface area contributed by atoms with Crippen molar-refractivity contribution >= 4 is 36.0 Å². The van der Waals surface area contributed by atoms with E-state index >= 15 is 4.32 Å². The van der Waals surface area contributed by atoms with Crippen molar-refractivity contribution in [2.75, 3.05) is 26.1 Å². The van der Waals surface area contributed by atoms with Crippen LogP contribution < -0.4 is 10.5 Å². The lowest BCUT2D eigenvalue weighted by molar-refractivity contribution is -0.137. The molecule has 0 unspecified atom stereocenters. The summed E-state index contributed by atoms with van der Waals surface area (Å²) in [5.41, 5.74) is 11.0. The lowest BCUT2D eigenvalue weighted by Gasteiger charge is -2.20. The summed E-state index contributed by atoms with van der Waals surface area (Å²) in [7, 11) is 0.0199. The van der Waals surface area contributed by atoms with E-state index < -0.39 is 19.1 Å². The van der Waals surface area contributed by atoms with Crippen LogP contribution in [0.3, 0.4) is 0 Å². The zero-order valence-electron chi connectivity index (χ0n) is 22.6. The summed E-state index contributed by atoms with van der Waals surface area (Å²) in [4.78, 5) is 30.5. The minimum absolute atomic E-state index is 0.175. The van der Waals surface area contributed by atoms with Crippen LogP contribution in [-0.4, -0.2) is 49.6 Å². The van der Waals surface area contributed by atoms with Gasteiger partial charge in [-0.25, -0.2) is 9.59 Å². The van der Waals surface area contributed by atoms with Crippen LogP contribution in [0.15, 0.2) is 40.0 Å². The molecule has 0 spiro atoms. The second-order valence-corrected chi connectivity index (χ2v) is 8.70. The molecule has 0 saturated heterocycles. The maximum absolute atomic E-state index is 15.3. The third-order valence-corrected chi connectivity index (χ3v) is 6.35. The molecule has 0 saturated carbocycles. The van der Waals surface area contributed by atoms with Gasteiger partial charge in [0.1, 0.15) is 5.75 Å².